The SMILES string of the molecule is Cc1ccc(NC(=O)c2cnc3c(c(C)cn3Cc3cscn3)c2Cl)cc1. The first-order valence-electron chi connectivity index (χ1n) is 8.42. The van der Waals surface area contributed by atoms with Gasteiger partial charge in [-0.05, 0) is 31.5 Å². The lowest BCUT2D eigenvalue weighted by Gasteiger charge is -2.09. The molecular weight excluding hydrogens is 380 g/mol. The minimum atomic E-state index is -0.273. The number of amides is 1. The van der Waals surface area contributed by atoms with E-state index in [1.54, 1.807) is 11.3 Å². The second kappa shape index (κ2) is 7.13. The highest BCUT2D eigenvalue weighted by Crippen LogP contribution is 2.31. The zero-order chi connectivity index (χ0) is 19.0. The topological polar surface area (TPSA) is 59.8 Å². The third-order valence-corrected chi connectivity index (χ3v) is 5.41. The molecule has 0 bridgehead atoms. The third kappa shape index (κ3) is 3.46. The molecule has 4 aromatic rings. The zero-order valence-electron chi connectivity index (χ0n) is 14.9. The van der Waals surface area contributed by atoms with E-state index in [0.29, 0.717) is 17.1 Å². The molecule has 1 aromatic carbocycles. The maximum Gasteiger partial charge on any atom is 0.258 e. The molecule has 3 heterocycles. The number of carbonyl (C=O) groups is 1. The highest BCUT2D eigenvalue weighted by molar-refractivity contribution is 7.07. The smallest absolute Gasteiger partial charge is 0.258 e. The van der Waals surface area contributed by atoms with Crippen LogP contribution in [0.5, 0.6) is 0 Å². The second-order valence-corrected chi connectivity index (χ2v) is 7.52. The van der Waals surface area contributed by atoms with Gasteiger partial charge in [-0.2, -0.15) is 0 Å². The van der Waals surface area contributed by atoms with Crippen LogP contribution in [0.25, 0.3) is 11.0 Å². The number of carbonyl (C=O) groups excluding carboxylic acids is 1. The first-order valence-corrected chi connectivity index (χ1v) is 9.74. The Labute approximate surface area is 165 Å². The van der Waals surface area contributed by atoms with Gasteiger partial charge >= 0.3 is 0 Å². The lowest BCUT2D eigenvalue weighted by atomic mass is 10.1. The number of aromatic nitrogens is 3. The maximum atomic E-state index is 12.7. The van der Waals surface area contributed by atoms with Crippen molar-refractivity contribution >= 4 is 45.6 Å². The summed E-state index contributed by atoms with van der Waals surface area (Å²) in [6.07, 6.45) is 3.52. The molecule has 7 heteroatoms. The number of nitrogens with one attached hydrogen (secondary N) is 1. The summed E-state index contributed by atoms with van der Waals surface area (Å²) < 4.78 is 2.01. The summed E-state index contributed by atoms with van der Waals surface area (Å²) in [6.45, 7) is 4.58. The Hall–Kier alpha value is -2.70. The van der Waals surface area contributed by atoms with Gasteiger partial charge in [0.25, 0.3) is 5.91 Å². The Bertz CT molecular complexity index is 1120. The number of fused-ring (bicyclic) bond motifs is 1. The van der Waals surface area contributed by atoms with Gasteiger partial charge in [-0.25, -0.2) is 9.97 Å². The molecule has 0 aliphatic heterocycles. The monoisotopic (exact) mass is 396 g/mol. The molecule has 0 atom stereocenters. The van der Waals surface area contributed by atoms with Crippen molar-refractivity contribution in [2.75, 3.05) is 5.32 Å². The standard InChI is InChI=1S/C20H17ClN4OS/c1-12-3-5-14(6-4-12)24-20(26)16-7-22-19-17(18(16)21)13(2)8-25(19)9-15-10-27-11-23-15/h3-8,10-11H,9H2,1-2H3,(H,24,26). The van der Waals surface area contributed by atoms with Crippen LogP contribution < -0.4 is 5.32 Å². The highest BCUT2D eigenvalue weighted by atomic mass is 35.5. The van der Waals surface area contributed by atoms with Gasteiger partial charge < -0.3 is 9.88 Å². The van der Waals surface area contributed by atoms with Crippen LogP contribution in [0, 0.1) is 13.8 Å². The van der Waals surface area contributed by atoms with Gasteiger partial charge in [0.15, 0.2) is 0 Å². The summed E-state index contributed by atoms with van der Waals surface area (Å²) in [4.78, 5) is 21.5. The van der Waals surface area contributed by atoms with E-state index in [1.165, 1.54) is 6.20 Å². The van der Waals surface area contributed by atoms with E-state index in [1.807, 2.05) is 59.8 Å². The van der Waals surface area contributed by atoms with Gasteiger partial charge in [-0.15, -0.1) is 11.3 Å². The largest absolute Gasteiger partial charge is 0.326 e. The number of benzene rings is 1. The Morgan fingerprint density at radius 2 is 2.00 bits per heavy atom. The summed E-state index contributed by atoms with van der Waals surface area (Å²) in [6, 6.07) is 7.62. The number of hydrogen-bond acceptors (Lipinski definition) is 4. The molecule has 0 saturated heterocycles. The number of thiazole rings is 1. The number of aryl methyl sites for hydroxylation is 2. The maximum absolute atomic E-state index is 12.7. The summed E-state index contributed by atoms with van der Waals surface area (Å²) in [7, 11) is 0. The molecular formula is C20H17ClN4OS. The fourth-order valence-corrected chi connectivity index (χ4v) is 3.93. The van der Waals surface area contributed by atoms with Crippen molar-refractivity contribution in [3.8, 4) is 0 Å². The van der Waals surface area contributed by atoms with Crippen LogP contribution in [0.2, 0.25) is 5.02 Å². The van der Waals surface area contributed by atoms with Crippen molar-refractivity contribution < 1.29 is 4.79 Å². The van der Waals surface area contributed by atoms with Crippen molar-refractivity contribution in [1.29, 1.82) is 0 Å². The van der Waals surface area contributed by atoms with Gasteiger partial charge in [-0.3, -0.25) is 4.79 Å². The minimum Gasteiger partial charge on any atom is -0.326 e. The first kappa shape index (κ1) is 17.7. The zero-order valence-corrected chi connectivity index (χ0v) is 16.4. The van der Waals surface area contributed by atoms with Crippen LogP contribution in [0.4, 0.5) is 5.69 Å². The normalized spacial score (nSPS) is 11.1. The quantitative estimate of drug-likeness (QED) is 0.524. The number of rotatable bonds is 4. The minimum absolute atomic E-state index is 0.273. The van der Waals surface area contributed by atoms with E-state index in [9.17, 15) is 4.79 Å². The van der Waals surface area contributed by atoms with Gasteiger partial charge in [0.2, 0.25) is 0 Å². The molecule has 1 N–H and O–H groups in total. The van der Waals surface area contributed by atoms with Gasteiger partial charge in [0.05, 0.1) is 28.3 Å². The second-order valence-electron chi connectivity index (χ2n) is 6.42. The number of hydrogen-bond donors (Lipinski definition) is 1. The average Bonchev–Trinajstić information content (AvgIpc) is 3.26. The fraction of sp³-hybridized carbons (Fsp3) is 0.150. The Morgan fingerprint density at radius 3 is 2.70 bits per heavy atom. The van der Waals surface area contributed by atoms with E-state index in [2.05, 4.69) is 15.3 Å². The van der Waals surface area contributed by atoms with Crippen LogP contribution in [0.3, 0.4) is 0 Å². The number of halogens is 1. The van der Waals surface area contributed by atoms with Crippen molar-refractivity contribution in [3.05, 3.63) is 75.0 Å². The van der Waals surface area contributed by atoms with E-state index in [4.69, 9.17) is 11.6 Å². The Balaban J connectivity index is 1.68. The number of anilines is 1. The third-order valence-electron chi connectivity index (χ3n) is 4.38. The first-order chi connectivity index (χ1) is 13.0. The van der Waals surface area contributed by atoms with Crippen LogP contribution in [-0.4, -0.2) is 20.4 Å². The van der Waals surface area contributed by atoms with Crippen molar-refractivity contribution in [1.82, 2.24) is 14.5 Å². The van der Waals surface area contributed by atoms with E-state index in [0.717, 1.165) is 33.5 Å². The average molecular weight is 397 g/mol. The van der Waals surface area contributed by atoms with Crippen molar-refractivity contribution in [2.45, 2.75) is 20.4 Å². The van der Waals surface area contributed by atoms with Gasteiger partial charge in [-0.1, -0.05) is 29.3 Å². The molecule has 0 aliphatic rings. The molecule has 5 nitrogen and oxygen atoms in total. The van der Waals surface area contributed by atoms with Crippen LogP contribution >= 0.6 is 22.9 Å². The molecule has 0 aliphatic carbocycles. The van der Waals surface area contributed by atoms with Crippen molar-refractivity contribution in [2.24, 2.45) is 0 Å². The molecule has 3 aromatic heterocycles. The van der Waals surface area contributed by atoms with Gasteiger partial charge in [0.1, 0.15) is 5.65 Å². The molecule has 0 radical (unpaired) electrons. The summed E-state index contributed by atoms with van der Waals surface area (Å²) in [5, 5.41) is 6.09. The Kier molecular flexibility index (Phi) is 4.68. The number of nitrogens with zero attached hydrogens (tertiary/aromatic N) is 3. The van der Waals surface area contributed by atoms with Gasteiger partial charge in [0, 0.05) is 28.8 Å². The molecule has 136 valence electrons. The summed E-state index contributed by atoms with van der Waals surface area (Å²) in [5.74, 6) is -0.273. The fourth-order valence-electron chi connectivity index (χ4n) is 3.01. The lowest BCUT2D eigenvalue weighted by molar-refractivity contribution is 0.102. The summed E-state index contributed by atoms with van der Waals surface area (Å²) >= 11 is 8.16. The highest BCUT2D eigenvalue weighted by Gasteiger charge is 2.18. The van der Waals surface area contributed by atoms with E-state index >= 15 is 0 Å². The van der Waals surface area contributed by atoms with Crippen LogP contribution in [-0.2, 0) is 6.54 Å². The van der Waals surface area contributed by atoms with Crippen LogP contribution in [0.1, 0.15) is 27.2 Å². The number of pyridine rings is 1. The summed E-state index contributed by atoms with van der Waals surface area (Å²) in [5.41, 5.74) is 6.71. The molecule has 4 rings (SSSR count). The van der Waals surface area contributed by atoms with Crippen molar-refractivity contribution in [3.63, 3.8) is 0 Å². The molecule has 0 fully saturated rings. The molecule has 0 saturated carbocycles. The molecule has 0 unspecified atom stereocenters. The predicted molar refractivity (Wildman–Crippen MR) is 110 cm³/mol. The predicted octanol–water partition coefficient (Wildman–Crippen LogP) is 5.06. The van der Waals surface area contributed by atoms with Crippen LogP contribution in [0.15, 0.2) is 47.5 Å². The van der Waals surface area contributed by atoms with E-state index < -0.39 is 0 Å². The van der Waals surface area contributed by atoms with E-state index in [-0.39, 0.29) is 5.91 Å². The lowest BCUT2D eigenvalue weighted by Crippen LogP contribution is -2.13. The molecule has 0 spiro atoms. The Morgan fingerprint density at radius 1 is 1.22 bits per heavy atom. The molecule has 27 heavy (non-hydrogen) atoms. The molecule has 1 amide bonds.